The number of nitrogens with zero attached hydrogens (tertiary/aromatic N) is 3. The van der Waals surface area contributed by atoms with Crippen molar-refractivity contribution in [2.45, 2.75) is 19.3 Å². The minimum atomic E-state index is 0.0727. The molecule has 0 spiro atoms. The molecular weight excluding hydrogens is 280 g/mol. The van der Waals surface area contributed by atoms with E-state index in [1.165, 1.54) is 0 Å². The second-order valence-corrected chi connectivity index (χ2v) is 5.75. The molecule has 1 aliphatic rings. The van der Waals surface area contributed by atoms with E-state index in [1.807, 2.05) is 36.1 Å². The minimum absolute atomic E-state index is 0.0727. The highest BCUT2D eigenvalue weighted by atomic mass is 16.5. The highest BCUT2D eigenvalue weighted by Gasteiger charge is 2.33. The number of carbonyl (C=O) groups excluding carboxylic acids is 1. The lowest BCUT2D eigenvalue weighted by molar-refractivity contribution is -0.135. The fourth-order valence-corrected chi connectivity index (χ4v) is 2.78. The van der Waals surface area contributed by atoms with Crippen molar-refractivity contribution >= 4 is 16.9 Å². The predicted octanol–water partition coefficient (Wildman–Crippen LogP) is 2.03. The summed E-state index contributed by atoms with van der Waals surface area (Å²) in [7, 11) is 0. The summed E-state index contributed by atoms with van der Waals surface area (Å²) >= 11 is 0. The van der Waals surface area contributed by atoms with Crippen LogP contribution >= 0.6 is 0 Å². The number of H-pyrrole nitrogens is 1. The Labute approximate surface area is 127 Å². The van der Waals surface area contributed by atoms with Gasteiger partial charge in [-0.3, -0.25) is 4.79 Å². The molecule has 1 aliphatic heterocycles. The molecular formula is C16H16N4O2. The molecule has 22 heavy (non-hydrogen) atoms. The highest BCUT2D eigenvalue weighted by molar-refractivity contribution is 5.79. The monoisotopic (exact) mass is 296 g/mol. The van der Waals surface area contributed by atoms with E-state index in [0.717, 1.165) is 22.6 Å². The summed E-state index contributed by atoms with van der Waals surface area (Å²) in [6.45, 7) is 3.25. The summed E-state index contributed by atoms with van der Waals surface area (Å²) in [5, 5.41) is 3.80. The van der Waals surface area contributed by atoms with Crippen molar-refractivity contribution in [3.05, 3.63) is 47.6 Å². The molecule has 1 fully saturated rings. The van der Waals surface area contributed by atoms with Crippen molar-refractivity contribution in [1.29, 1.82) is 0 Å². The number of hydrogen-bond donors (Lipinski definition) is 1. The van der Waals surface area contributed by atoms with Crippen LogP contribution in [0.15, 0.2) is 34.9 Å². The number of imidazole rings is 1. The Hall–Kier alpha value is -2.63. The predicted molar refractivity (Wildman–Crippen MR) is 80.4 cm³/mol. The van der Waals surface area contributed by atoms with Crippen LogP contribution in [0.1, 0.15) is 23.2 Å². The quantitative estimate of drug-likeness (QED) is 0.802. The van der Waals surface area contributed by atoms with Crippen molar-refractivity contribution in [2.24, 2.45) is 0 Å². The molecule has 1 amide bonds. The molecule has 6 heteroatoms. The molecule has 3 aromatic rings. The number of hydrogen-bond acceptors (Lipinski definition) is 4. The first kappa shape index (κ1) is 13.1. The Morgan fingerprint density at radius 2 is 2.23 bits per heavy atom. The molecule has 1 N–H and O–H groups in total. The Kier molecular flexibility index (Phi) is 2.96. The molecule has 3 heterocycles. The van der Waals surface area contributed by atoms with Crippen LogP contribution in [-0.4, -0.2) is 39.0 Å². The van der Waals surface area contributed by atoms with E-state index < -0.39 is 0 Å². The summed E-state index contributed by atoms with van der Waals surface area (Å²) in [4.78, 5) is 21.9. The maximum Gasteiger partial charge on any atom is 0.230 e. The normalized spacial score (nSPS) is 15.2. The standard InChI is InChI=1S/C16H16N4O2/c1-10-6-12(22-19-10)7-15(21)20-8-11(9-20)16-17-13-4-2-3-5-14(13)18-16/h2-6,11H,7-9H2,1H3,(H,17,18). The highest BCUT2D eigenvalue weighted by Crippen LogP contribution is 2.27. The third kappa shape index (κ3) is 2.26. The Morgan fingerprint density at radius 1 is 1.41 bits per heavy atom. The summed E-state index contributed by atoms with van der Waals surface area (Å²) in [5.74, 6) is 1.94. The van der Waals surface area contributed by atoms with Crippen LogP contribution in [0.2, 0.25) is 0 Å². The number of rotatable bonds is 3. The van der Waals surface area contributed by atoms with E-state index in [-0.39, 0.29) is 18.2 Å². The first-order chi connectivity index (χ1) is 10.7. The lowest BCUT2D eigenvalue weighted by Crippen LogP contribution is -2.49. The summed E-state index contributed by atoms with van der Waals surface area (Å²) in [6, 6.07) is 9.76. The second-order valence-electron chi connectivity index (χ2n) is 5.75. The van der Waals surface area contributed by atoms with Crippen molar-refractivity contribution in [2.75, 3.05) is 13.1 Å². The van der Waals surface area contributed by atoms with Gasteiger partial charge >= 0.3 is 0 Å². The molecule has 112 valence electrons. The van der Waals surface area contributed by atoms with Gasteiger partial charge in [-0.15, -0.1) is 0 Å². The smallest absolute Gasteiger partial charge is 0.230 e. The van der Waals surface area contributed by atoms with E-state index in [2.05, 4.69) is 15.1 Å². The van der Waals surface area contributed by atoms with Gasteiger partial charge in [0.15, 0.2) is 0 Å². The van der Waals surface area contributed by atoms with Crippen LogP contribution in [0.3, 0.4) is 0 Å². The fourth-order valence-electron chi connectivity index (χ4n) is 2.78. The van der Waals surface area contributed by atoms with E-state index in [9.17, 15) is 4.79 Å². The van der Waals surface area contributed by atoms with Gasteiger partial charge in [-0.1, -0.05) is 17.3 Å². The van der Waals surface area contributed by atoms with Crippen molar-refractivity contribution in [1.82, 2.24) is 20.0 Å². The second kappa shape index (κ2) is 4.98. The van der Waals surface area contributed by atoms with Gasteiger partial charge in [-0.05, 0) is 19.1 Å². The van der Waals surface area contributed by atoms with Gasteiger partial charge in [0.05, 0.1) is 29.1 Å². The zero-order valence-corrected chi connectivity index (χ0v) is 12.2. The molecule has 1 aromatic carbocycles. The summed E-state index contributed by atoms with van der Waals surface area (Å²) < 4.78 is 5.09. The van der Waals surface area contributed by atoms with E-state index in [0.29, 0.717) is 18.8 Å². The van der Waals surface area contributed by atoms with Gasteiger partial charge < -0.3 is 14.4 Å². The summed E-state index contributed by atoms with van der Waals surface area (Å²) in [6.07, 6.45) is 0.272. The van der Waals surface area contributed by atoms with Crippen molar-refractivity contribution < 1.29 is 9.32 Å². The number of para-hydroxylation sites is 2. The Bertz CT molecular complexity index is 796. The van der Waals surface area contributed by atoms with Crippen LogP contribution < -0.4 is 0 Å². The summed E-state index contributed by atoms with van der Waals surface area (Å²) in [5.41, 5.74) is 2.81. The Balaban J connectivity index is 1.40. The third-order valence-corrected chi connectivity index (χ3v) is 4.03. The largest absolute Gasteiger partial charge is 0.361 e. The molecule has 6 nitrogen and oxygen atoms in total. The van der Waals surface area contributed by atoms with Gasteiger partial charge in [0.1, 0.15) is 11.6 Å². The van der Waals surface area contributed by atoms with Crippen molar-refractivity contribution in [3.8, 4) is 0 Å². The molecule has 0 bridgehead atoms. The van der Waals surface area contributed by atoms with Crippen LogP contribution in [0, 0.1) is 6.92 Å². The molecule has 0 atom stereocenters. The average molecular weight is 296 g/mol. The zero-order chi connectivity index (χ0) is 15.1. The molecule has 0 unspecified atom stereocenters. The van der Waals surface area contributed by atoms with Gasteiger partial charge in [0.25, 0.3) is 0 Å². The first-order valence-corrected chi connectivity index (χ1v) is 7.33. The number of benzene rings is 1. The number of likely N-dealkylation sites (tertiary alicyclic amines) is 1. The minimum Gasteiger partial charge on any atom is -0.361 e. The first-order valence-electron chi connectivity index (χ1n) is 7.33. The number of aromatic amines is 1. The molecule has 2 aromatic heterocycles. The average Bonchev–Trinajstić information content (AvgIpc) is 3.03. The van der Waals surface area contributed by atoms with Crippen molar-refractivity contribution in [3.63, 3.8) is 0 Å². The lowest BCUT2D eigenvalue weighted by atomic mass is 9.99. The van der Waals surface area contributed by atoms with Gasteiger partial charge in [0.2, 0.25) is 5.91 Å². The molecule has 1 saturated heterocycles. The maximum absolute atomic E-state index is 12.2. The number of amides is 1. The van der Waals surface area contributed by atoms with Gasteiger partial charge in [-0.2, -0.15) is 0 Å². The number of fused-ring (bicyclic) bond motifs is 1. The molecule has 0 radical (unpaired) electrons. The molecule has 0 saturated carbocycles. The SMILES string of the molecule is Cc1cc(CC(=O)N2CC(c3nc4ccccc4[nH]3)C2)on1. The topological polar surface area (TPSA) is 75.0 Å². The Morgan fingerprint density at radius 3 is 2.95 bits per heavy atom. The van der Waals surface area contributed by atoms with Gasteiger partial charge in [0, 0.05) is 19.2 Å². The lowest BCUT2D eigenvalue weighted by Gasteiger charge is -2.38. The van der Waals surface area contributed by atoms with E-state index in [4.69, 9.17) is 4.52 Å². The maximum atomic E-state index is 12.2. The van der Waals surface area contributed by atoms with Gasteiger partial charge in [-0.25, -0.2) is 4.98 Å². The number of aromatic nitrogens is 3. The number of nitrogens with one attached hydrogen (secondary N) is 1. The van der Waals surface area contributed by atoms with Crippen LogP contribution in [-0.2, 0) is 11.2 Å². The molecule has 0 aliphatic carbocycles. The third-order valence-electron chi connectivity index (χ3n) is 4.03. The van der Waals surface area contributed by atoms with Crippen LogP contribution in [0.5, 0.6) is 0 Å². The van der Waals surface area contributed by atoms with Crippen LogP contribution in [0.4, 0.5) is 0 Å². The zero-order valence-electron chi connectivity index (χ0n) is 12.2. The number of carbonyl (C=O) groups is 1. The fraction of sp³-hybridized carbons (Fsp3) is 0.312. The van der Waals surface area contributed by atoms with Crippen LogP contribution in [0.25, 0.3) is 11.0 Å². The molecule has 4 rings (SSSR count). The van der Waals surface area contributed by atoms with E-state index >= 15 is 0 Å². The van der Waals surface area contributed by atoms with E-state index in [1.54, 1.807) is 6.07 Å². The number of aryl methyl sites for hydroxylation is 1.